The second-order valence-electron chi connectivity index (χ2n) is 3.96. The third kappa shape index (κ3) is 3.34. The zero-order valence-corrected chi connectivity index (χ0v) is 10.8. The predicted molar refractivity (Wildman–Crippen MR) is 63.9 cm³/mol. The molecule has 1 aliphatic heterocycles. The molecule has 7 heteroatoms. The van der Waals surface area contributed by atoms with E-state index in [2.05, 4.69) is 0 Å². The largest absolute Gasteiger partial charge is 0.496 e. The Labute approximate surface area is 112 Å². The van der Waals surface area contributed by atoms with Gasteiger partial charge in [0.05, 0.1) is 18.8 Å². The van der Waals surface area contributed by atoms with Gasteiger partial charge in [0.2, 0.25) is 0 Å². The molecule has 1 saturated heterocycles. The molecule has 2 rings (SSSR count). The van der Waals surface area contributed by atoms with Crippen LogP contribution in [-0.4, -0.2) is 23.8 Å². The number of carbonyl (C=O) groups is 1. The molecule has 1 fully saturated rings. The van der Waals surface area contributed by atoms with Gasteiger partial charge in [-0.3, -0.25) is 4.79 Å². The van der Waals surface area contributed by atoms with Crippen LogP contribution >= 0.6 is 11.8 Å². The number of hydrogen-bond donors (Lipinski definition) is 0. The smallest absolute Gasteiger partial charge is 0.442 e. The summed E-state index contributed by atoms with van der Waals surface area (Å²) in [5, 5.41) is -0.983. The van der Waals surface area contributed by atoms with Crippen molar-refractivity contribution in [2.24, 2.45) is 0 Å². The highest BCUT2D eigenvalue weighted by Gasteiger charge is 2.44. The summed E-state index contributed by atoms with van der Waals surface area (Å²) in [5.74, 6) is -0.215. The second-order valence-corrected chi connectivity index (χ2v) is 5.26. The van der Waals surface area contributed by atoms with Crippen LogP contribution < -0.4 is 4.74 Å². The van der Waals surface area contributed by atoms with Crippen molar-refractivity contribution in [2.75, 3.05) is 7.11 Å². The van der Waals surface area contributed by atoms with E-state index in [9.17, 15) is 18.0 Å². The molecule has 3 nitrogen and oxygen atoms in total. The van der Waals surface area contributed by atoms with Gasteiger partial charge < -0.3 is 9.47 Å². The average molecular weight is 292 g/mol. The lowest BCUT2D eigenvalue weighted by atomic mass is 10.1. The van der Waals surface area contributed by atoms with Gasteiger partial charge >= 0.3 is 11.5 Å². The molecule has 1 heterocycles. The highest BCUT2D eigenvalue weighted by Crippen LogP contribution is 2.47. The Balaban J connectivity index is 2.28. The van der Waals surface area contributed by atoms with E-state index in [0.717, 1.165) is 0 Å². The summed E-state index contributed by atoms with van der Waals surface area (Å²) in [6, 6.07) is 6.59. The standard InChI is InChI=1S/C12H11F3O3S/c1-17-8-5-3-2-4-7(8)11-9(6-10(16)18-11)19-12(13,14)15/h2-5,9,11H,6H2,1H3/t9-,11+/m0/s1. The molecule has 0 aliphatic carbocycles. The first-order chi connectivity index (χ1) is 8.90. The van der Waals surface area contributed by atoms with Gasteiger partial charge in [0.15, 0.2) is 0 Å². The molecule has 19 heavy (non-hydrogen) atoms. The summed E-state index contributed by atoms with van der Waals surface area (Å²) in [7, 11) is 1.42. The van der Waals surface area contributed by atoms with Crippen molar-refractivity contribution in [3.63, 3.8) is 0 Å². The minimum atomic E-state index is -4.40. The normalized spacial score (nSPS) is 23.3. The monoisotopic (exact) mass is 292 g/mol. The van der Waals surface area contributed by atoms with Crippen LogP contribution in [0.5, 0.6) is 5.75 Å². The van der Waals surface area contributed by atoms with E-state index in [1.807, 2.05) is 0 Å². The fourth-order valence-electron chi connectivity index (χ4n) is 1.98. The number of benzene rings is 1. The summed E-state index contributed by atoms with van der Waals surface area (Å²) in [4.78, 5) is 11.3. The van der Waals surface area contributed by atoms with Crippen molar-refractivity contribution in [1.82, 2.24) is 0 Å². The number of alkyl halides is 3. The van der Waals surface area contributed by atoms with Gasteiger partial charge in [0.1, 0.15) is 11.9 Å². The van der Waals surface area contributed by atoms with Crippen LogP contribution in [0.25, 0.3) is 0 Å². The lowest BCUT2D eigenvalue weighted by Crippen LogP contribution is -2.16. The van der Waals surface area contributed by atoms with Crippen LogP contribution in [0.15, 0.2) is 24.3 Å². The lowest BCUT2D eigenvalue weighted by Gasteiger charge is -2.20. The fourth-order valence-corrected chi connectivity index (χ4v) is 2.87. The van der Waals surface area contributed by atoms with E-state index in [1.54, 1.807) is 24.3 Å². The van der Waals surface area contributed by atoms with Crippen LogP contribution in [0.3, 0.4) is 0 Å². The van der Waals surface area contributed by atoms with Gasteiger partial charge in [-0.15, -0.1) is 0 Å². The molecule has 1 aliphatic rings. The molecule has 1 aromatic carbocycles. The molecule has 0 radical (unpaired) electrons. The molecular formula is C12H11F3O3S. The maximum atomic E-state index is 12.5. The number of methoxy groups -OCH3 is 1. The molecule has 0 unspecified atom stereocenters. The van der Waals surface area contributed by atoms with Crippen LogP contribution in [-0.2, 0) is 9.53 Å². The third-order valence-corrected chi connectivity index (χ3v) is 3.68. The molecule has 0 aromatic heterocycles. The summed E-state index contributed by atoms with van der Waals surface area (Å²) in [5.41, 5.74) is -3.95. The van der Waals surface area contributed by atoms with E-state index in [1.165, 1.54) is 7.11 Å². The molecule has 2 atom stereocenters. The molecular weight excluding hydrogens is 281 g/mol. The van der Waals surface area contributed by atoms with Crippen molar-refractivity contribution in [2.45, 2.75) is 23.3 Å². The Bertz CT molecular complexity index is 476. The zero-order chi connectivity index (χ0) is 14.0. The van der Waals surface area contributed by atoms with Gasteiger partial charge in [-0.1, -0.05) is 18.2 Å². The van der Waals surface area contributed by atoms with Gasteiger partial charge in [-0.05, 0) is 17.8 Å². The van der Waals surface area contributed by atoms with Gasteiger partial charge in [0, 0.05) is 5.56 Å². The number of esters is 1. The van der Waals surface area contributed by atoms with Crippen LogP contribution in [0.2, 0.25) is 0 Å². The van der Waals surface area contributed by atoms with E-state index in [-0.39, 0.29) is 18.2 Å². The molecule has 0 bridgehead atoms. The fraction of sp³-hybridized carbons (Fsp3) is 0.417. The van der Waals surface area contributed by atoms with Crippen LogP contribution in [0.1, 0.15) is 18.1 Å². The number of ether oxygens (including phenoxy) is 2. The van der Waals surface area contributed by atoms with Gasteiger partial charge in [0.25, 0.3) is 0 Å². The molecule has 0 amide bonds. The topological polar surface area (TPSA) is 35.5 Å². The highest BCUT2D eigenvalue weighted by atomic mass is 32.2. The summed E-state index contributed by atoms with van der Waals surface area (Å²) in [6.07, 6.45) is -1.19. The van der Waals surface area contributed by atoms with Gasteiger partial charge in [-0.2, -0.15) is 13.2 Å². The highest BCUT2D eigenvalue weighted by molar-refractivity contribution is 8.00. The number of halogens is 3. The number of thioether (sulfide) groups is 1. The molecule has 0 N–H and O–H groups in total. The summed E-state index contributed by atoms with van der Waals surface area (Å²) < 4.78 is 47.5. The number of para-hydroxylation sites is 1. The molecule has 104 valence electrons. The first kappa shape index (κ1) is 14.0. The summed E-state index contributed by atoms with van der Waals surface area (Å²) in [6.45, 7) is 0. The number of carbonyl (C=O) groups excluding carboxylic acids is 1. The second kappa shape index (κ2) is 5.32. The summed E-state index contributed by atoms with van der Waals surface area (Å²) >= 11 is -0.211. The average Bonchev–Trinajstić information content (AvgIpc) is 2.67. The van der Waals surface area contributed by atoms with E-state index in [4.69, 9.17) is 9.47 Å². The number of cyclic esters (lactones) is 1. The van der Waals surface area contributed by atoms with Crippen molar-refractivity contribution >= 4 is 17.7 Å². The zero-order valence-electron chi connectivity index (χ0n) is 9.94. The van der Waals surface area contributed by atoms with E-state index >= 15 is 0 Å². The number of hydrogen-bond acceptors (Lipinski definition) is 4. The van der Waals surface area contributed by atoms with Crippen molar-refractivity contribution in [3.8, 4) is 5.75 Å². The Hall–Kier alpha value is -1.37. The predicted octanol–water partition coefficient (Wildman–Crippen LogP) is 3.30. The van der Waals surface area contributed by atoms with Crippen molar-refractivity contribution in [1.29, 1.82) is 0 Å². The Morgan fingerprint density at radius 1 is 1.37 bits per heavy atom. The van der Waals surface area contributed by atoms with Gasteiger partial charge in [-0.25, -0.2) is 0 Å². The molecule has 1 aromatic rings. The van der Waals surface area contributed by atoms with Crippen molar-refractivity contribution in [3.05, 3.63) is 29.8 Å². The first-order valence-corrected chi connectivity index (χ1v) is 6.35. The van der Waals surface area contributed by atoms with Crippen LogP contribution in [0, 0.1) is 0 Å². The third-order valence-electron chi connectivity index (χ3n) is 2.69. The Kier molecular flexibility index (Phi) is 3.93. The minimum Gasteiger partial charge on any atom is -0.496 e. The first-order valence-electron chi connectivity index (χ1n) is 5.47. The maximum Gasteiger partial charge on any atom is 0.442 e. The van der Waals surface area contributed by atoms with E-state index < -0.39 is 22.8 Å². The lowest BCUT2D eigenvalue weighted by molar-refractivity contribution is -0.141. The number of rotatable bonds is 3. The van der Waals surface area contributed by atoms with Crippen molar-refractivity contribution < 1.29 is 27.4 Å². The molecule has 0 spiro atoms. The minimum absolute atomic E-state index is 0.211. The van der Waals surface area contributed by atoms with E-state index in [0.29, 0.717) is 11.3 Å². The Morgan fingerprint density at radius 3 is 2.68 bits per heavy atom. The molecule has 0 saturated carbocycles. The maximum absolute atomic E-state index is 12.5. The quantitative estimate of drug-likeness (QED) is 0.801. The SMILES string of the molecule is COc1ccccc1[C@H]1OC(=O)C[C@@H]1SC(F)(F)F. The van der Waals surface area contributed by atoms with Crippen LogP contribution in [0.4, 0.5) is 13.2 Å². The Morgan fingerprint density at radius 2 is 2.05 bits per heavy atom.